The third-order valence-electron chi connectivity index (χ3n) is 5.48. The Hall–Kier alpha value is -2.34. The van der Waals surface area contributed by atoms with Crippen molar-refractivity contribution in [3.8, 4) is 0 Å². The number of amides is 1. The second-order valence-corrected chi connectivity index (χ2v) is 9.44. The molecule has 2 N–H and O–H groups in total. The van der Waals surface area contributed by atoms with E-state index in [0.717, 1.165) is 42.5 Å². The fraction of sp³-hybridized carbons (Fsp3) is 0.381. The van der Waals surface area contributed by atoms with Crippen LogP contribution < -0.4 is 10.0 Å². The van der Waals surface area contributed by atoms with Gasteiger partial charge in [-0.25, -0.2) is 8.42 Å². The maximum absolute atomic E-state index is 12.9. The minimum absolute atomic E-state index is 0.0327. The first kappa shape index (κ1) is 18.0. The molecule has 0 saturated heterocycles. The maximum Gasteiger partial charge on any atom is 0.261 e. The van der Waals surface area contributed by atoms with Crippen molar-refractivity contribution in [3.63, 3.8) is 0 Å². The monoisotopic (exact) mass is 384 g/mol. The molecule has 1 unspecified atom stereocenters. The highest BCUT2D eigenvalue weighted by molar-refractivity contribution is 7.92. The van der Waals surface area contributed by atoms with Crippen LogP contribution in [-0.4, -0.2) is 14.3 Å². The van der Waals surface area contributed by atoms with Crippen LogP contribution in [-0.2, 0) is 27.7 Å². The van der Waals surface area contributed by atoms with Gasteiger partial charge in [0.05, 0.1) is 10.8 Å². The lowest BCUT2D eigenvalue weighted by molar-refractivity contribution is -0.117. The Kier molecular flexibility index (Phi) is 4.46. The van der Waals surface area contributed by atoms with Crippen LogP contribution in [0.1, 0.15) is 49.3 Å². The maximum atomic E-state index is 12.9. The van der Waals surface area contributed by atoms with Crippen LogP contribution in [0.2, 0.25) is 0 Å². The van der Waals surface area contributed by atoms with Crippen molar-refractivity contribution in [1.29, 1.82) is 0 Å². The Morgan fingerprint density at radius 1 is 1.04 bits per heavy atom. The summed E-state index contributed by atoms with van der Waals surface area (Å²) < 4.78 is 28.4. The zero-order valence-electron chi connectivity index (χ0n) is 15.6. The Labute approximate surface area is 160 Å². The molecule has 0 radical (unpaired) electrons. The molecular weight excluding hydrogens is 360 g/mol. The van der Waals surface area contributed by atoms with Gasteiger partial charge in [0, 0.05) is 11.4 Å². The molecule has 4 rings (SSSR count). The van der Waals surface area contributed by atoms with Gasteiger partial charge in [0.1, 0.15) is 0 Å². The van der Waals surface area contributed by atoms with Gasteiger partial charge in [-0.15, -0.1) is 0 Å². The van der Waals surface area contributed by atoms with Gasteiger partial charge in [-0.2, -0.15) is 0 Å². The second kappa shape index (κ2) is 6.68. The summed E-state index contributed by atoms with van der Waals surface area (Å²) in [6.45, 7) is 3.98. The molecule has 2 aromatic carbocycles. The number of benzene rings is 2. The molecule has 0 fully saturated rings. The Morgan fingerprint density at radius 2 is 1.78 bits per heavy atom. The van der Waals surface area contributed by atoms with Crippen molar-refractivity contribution in [3.05, 3.63) is 53.1 Å². The third-order valence-corrected chi connectivity index (χ3v) is 6.86. The molecule has 27 heavy (non-hydrogen) atoms. The number of nitrogens with one attached hydrogen (secondary N) is 2. The topological polar surface area (TPSA) is 75.3 Å². The average Bonchev–Trinajstić information content (AvgIpc) is 2.96. The van der Waals surface area contributed by atoms with Gasteiger partial charge in [0.25, 0.3) is 10.0 Å². The van der Waals surface area contributed by atoms with Crippen molar-refractivity contribution in [1.82, 2.24) is 0 Å². The highest BCUT2D eigenvalue weighted by Gasteiger charge is 2.33. The molecule has 1 amide bonds. The predicted molar refractivity (Wildman–Crippen MR) is 107 cm³/mol. The van der Waals surface area contributed by atoms with Crippen molar-refractivity contribution < 1.29 is 13.2 Å². The zero-order valence-corrected chi connectivity index (χ0v) is 16.4. The Morgan fingerprint density at radius 3 is 2.52 bits per heavy atom. The molecule has 2 aromatic rings. The molecule has 1 heterocycles. The van der Waals surface area contributed by atoms with Crippen LogP contribution in [0.15, 0.2) is 41.3 Å². The van der Waals surface area contributed by atoms with E-state index in [2.05, 4.69) is 10.0 Å². The van der Waals surface area contributed by atoms with Crippen LogP contribution in [0.5, 0.6) is 0 Å². The molecule has 142 valence electrons. The fourth-order valence-corrected chi connectivity index (χ4v) is 5.20. The standard InChI is InChI=1S/C21H24N2O3S/c1-13(2)20-18-12-16(8-10-19(18)22-21(20)24)23-27(25,26)17-9-7-14-5-3-4-6-15(14)11-17/h7-13,20,23H,3-6H2,1-2H3,(H,22,24). The number of rotatable bonds is 4. The van der Waals surface area contributed by atoms with Crippen molar-refractivity contribution in [2.24, 2.45) is 5.92 Å². The minimum atomic E-state index is -3.67. The van der Waals surface area contributed by atoms with E-state index in [9.17, 15) is 13.2 Å². The number of hydrogen-bond donors (Lipinski definition) is 2. The van der Waals surface area contributed by atoms with Crippen LogP contribution in [0.25, 0.3) is 0 Å². The average molecular weight is 385 g/mol. The van der Waals surface area contributed by atoms with E-state index in [0.29, 0.717) is 10.6 Å². The molecule has 2 aliphatic rings. The smallest absolute Gasteiger partial charge is 0.261 e. The number of hydrogen-bond acceptors (Lipinski definition) is 3. The molecule has 1 atom stereocenters. The lowest BCUT2D eigenvalue weighted by atomic mass is 9.89. The van der Waals surface area contributed by atoms with E-state index in [1.54, 1.807) is 30.3 Å². The van der Waals surface area contributed by atoms with Gasteiger partial charge >= 0.3 is 0 Å². The Bertz CT molecular complexity index is 1010. The first-order valence-corrected chi connectivity index (χ1v) is 10.9. The SMILES string of the molecule is CC(C)C1C(=O)Nc2ccc(NS(=O)(=O)c3ccc4c(c3)CCCC4)cc21. The Balaban J connectivity index is 1.63. The van der Waals surface area contributed by atoms with Crippen molar-refractivity contribution >= 4 is 27.3 Å². The zero-order chi connectivity index (χ0) is 19.2. The first-order valence-electron chi connectivity index (χ1n) is 9.44. The van der Waals surface area contributed by atoms with Crippen molar-refractivity contribution in [2.45, 2.75) is 50.3 Å². The number of carbonyl (C=O) groups excluding carboxylic acids is 1. The van der Waals surface area contributed by atoms with E-state index in [1.807, 2.05) is 19.9 Å². The normalized spacial score (nSPS) is 18.8. The van der Waals surface area contributed by atoms with Gasteiger partial charge in [-0.3, -0.25) is 9.52 Å². The number of anilines is 2. The van der Waals surface area contributed by atoms with Gasteiger partial charge < -0.3 is 5.32 Å². The highest BCUT2D eigenvalue weighted by Crippen LogP contribution is 2.39. The summed E-state index contributed by atoms with van der Waals surface area (Å²) in [6, 6.07) is 10.6. The highest BCUT2D eigenvalue weighted by atomic mass is 32.2. The summed E-state index contributed by atoms with van der Waals surface area (Å²) in [7, 11) is -3.67. The number of sulfonamides is 1. The first-order chi connectivity index (χ1) is 12.8. The largest absolute Gasteiger partial charge is 0.325 e. The lowest BCUT2D eigenvalue weighted by Crippen LogP contribution is -2.17. The molecule has 1 aliphatic carbocycles. The summed E-state index contributed by atoms with van der Waals surface area (Å²) in [5, 5.41) is 2.87. The molecule has 0 saturated carbocycles. The quantitative estimate of drug-likeness (QED) is 0.835. The van der Waals surface area contributed by atoms with Crippen LogP contribution in [0.3, 0.4) is 0 Å². The molecule has 5 nitrogen and oxygen atoms in total. The summed E-state index contributed by atoms with van der Waals surface area (Å²) in [6.07, 6.45) is 4.22. The van der Waals surface area contributed by atoms with E-state index < -0.39 is 10.0 Å². The molecule has 0 spiro atoms. The molecule has 1 aliphatic heterocycles. The summed E-state index contributed by atoms with van der Waals surface area (Å²) in [4.78, 5) is 12.5. The van der Waals surface area contributed by atoms with Crippen molar-refractivity contribution in [2.75, 3.05) is 10.0 Å². The molecular formula is C21H24N2O3S. The van der Waals surface area contributed by atoms with Gasteiger partial charge in [0.15, 0.2) is 0 Å². The second-order valence-electron chi connectivity index (χ2n) is 7.76. The number of carbonyl (C=O) groups is 1. The van der Waals surface area contributed by atoms with Crippen LogP contribution >= 0.6 is 0 Å². The number of aryl methyl sites for hydroxylation is 2. The predicted octanol–water partition coefficient (Wildman–Crippen LogP) is 4.06. The molecule has 0 bridgehead atoms. The summed E-state index contributed by atoms with van der Waals surface area (Å²) >= 11 is 0. The van der Waals surface area contributed by atoms with Gasteiger partial charge in [-0.1, -0.05) is 19.9 Å². The number of fused-ring (bicyclic) bond motifs is 2. The van der Waals surface area contributed by atoms with E-state index in [4.69, 9.17) is 0 Å². The minimum Gasteiger partial charge on any atom is -0.325 e. The van der Waals surface area contributed by atoms with E-state index >= 15 is 0 Å². The fourth-order valence-electron chi connectivity index (χ4n) is 4.10. The summed E-state index contributed by atoms with van der Waals surface area (Å²) in [5.41, 5.74) is 4.47. The lowest BCUT2D eigenvalue weighted by Gasteiger charge is -2.17. The van der Waals surface area contributed by atoms with E-state index in [1.165, 1.54) is 5.56 Å². The van der Waals surface area contributed by atoms with Crippen LogP contribution in [0.4, 0.5) is 11.4 Å². The van der Waals surface area contributed by atoms with Crippen LogP contribution in [0, 0.1) is 5.92 Å². The van der Waals surface area contributed by atoms with Gasteiger partial charge in [-0.05, 0) is 78.6 Å². The third kappa shape index (κ3) is 3.34. The van der Waals surface area contributed by atoms with Gasteiger partial charge in [0.2, 0.25) is 5.91 Å². The molecule has 0 aromatic heterocycles. The van der Waals surface area contributed by atoms with E-state index in [-0.39, 0.29) is 17.7 Å². The summed E-state index contributed by atoms with van der Waals surface area (Å²) in [5.74, 6) is -0.151. The molecule has 6 heteroatoms.